The molecule has 1 saturated carbocycles. The fourth-order valence-corrected chi connectivity index (χ4v) is 3.77. The molecule has 1 N–H and O–H groups in total. The molecular formula is C14H25N. The van der Waals surface area contributed by atoms with Crippen LogP contribution in [0.5, 0.6) is 0 Å². The van der Waals surface area contributed by atoms with Gasteiger partial charge in [0.25, 0.3) is 0 Å². The monoisotopic (exact) mass is 207 g/mol. The summed E-state index contributed by atoms with van der Waals surface area (Å²) in [4.78, 5) is 0. The van der Waals surface area contributed by atoms with Crippen molar-refractivity contribution in [2.45, 2.75) is 64.3 Å². The molecule has 86 valence electrons. The lowest BCUT2D eigenvalue weighted by molar-refractivity contribution is 0.216. The van der Waals surface area contributed by atoms with Crippen LogP contribution in [0, 0.1) is 5.41 Å². The van der Waals surface area contributed by atoms with Gasteiger partial charge in [-0.2, -0.15) is 0 Å². The molecule has 1 nitrogen and oxygen atoms in total. The van der Waals surface area contributed by atoms with Gasteiger partial charge in [0, 0.05) is 6.04 Å². The highest BCUT2D eigenvalue weighted by Gasteiger charge is 2.40. The summed E-state index contributed by atoms with van der Waals surface area (Å²) in [6.07, 6.45) is 13.6. The van der Waals surface area contributed by atoms with E-state index in [1.54, 1.807) is 5.57 Å². The SMILES string of the molecule is CCC1(C(NC)C2=CCCC2)CCCC1. The molecule has 1 atom stereocenters. The van der Waals surface area contributed by atoms with Crippen LogP contribution in [0.25, 0.3) is 0 Å². The van der Waals surface area contributed by atoms with E-state index in [0.29, 0.717) is 11.5 Å². The number of hydrogen-bond donors (Lipinski definition) is 1. The van der Waals surface area contributed by atoms with Crippen LogP contribution in [0.3, 0.4) is 0 Å². The average molecular weight is 207 g/mol. The molecule has 0 aromatic carbocycles. The first kappa shape index (κ1) is 11.2. The third kappa shape index (κ3) is 1.99. The summed E-state index contributed by atoms with van der Waals surface area (Å²) in [5.41, 5.74) is 2.30. The topological polar surface area (TPSA) is 12.0 Å². The van der Waals surface area contributed by atoms with Crippen molar-refractivity contribution in [3.8, 4) is 0 Å². The van der Waals surface area contributed by atoms with Crippen LogP contribution in [0.2, 0.25) is 0 Å². The zero-order valence-corrected chi connectivity index (χ0v) is 10.3. The maximum absolute atomic E-state index is 3.61. The van der Waals surface area contributed by atoms with Crippen LogP contribution < -0.4 is 5.32 Å². The molecule has 0 saturated heterocycles. The van der Waals surface area contributed by atoms with Gasteiger partial charge < -0.3 is 5.32 Å². The standard InChI is InChI=1S/C14H25N/c1-3-14(10-6-7-11-14)13(15-2)12-8-4-5-9-12/h8,13,15H,3-7,9-11H2,1-2H3. The minimum Gasteiger partial charge on any atom is -0.313 e. The summed E-state index contributed by atoms with van der Waals surface area (Å²) in [5, 5.41) is 3.61. The molecule has 2 aliphatic carbocycles. The van der Waals surface area contributed by atoms with E-state index in [4.69, 9.17) is 0 Å². The van der Waals surface area contributed by atoms with Gasteiger partial charge in [-0.05, 0) is 51.0 Å². The molecule has 0 bridgehead atoms. The van der Waals surface area contributed by atoms with E-state index in [-0.39, 0.29) is 0 Å². The van der Waals surface area contributed by atoms with E-state index in [0.717, 1.165) is 0 Å². The predicted octanol–water partition coefficient (Wildman–Crippen LogP) is 3.66. The third-order valence-electron chi connectivity index (χ3n) is 4.65. The Labute approximate surface area is 94.3 Å². The summed E-state index contributed by atoms with van der Waals surface area (Å²) < 4.78 is 0. The van der Waals surface area contributed by atoms with Gasteiger partial charge in [-0.25, -0.2) is 0 Å². The largest absolute Gasteiger partial charge is 0.313 e. The number of likely N-dealkylation sites (N-methyl/N-ethyl adjacent to an activating group) is 1. The lowest BCUT2D eigenvalue weighted by Gasteiger charge is -2.38. The molecule has 1 fully saturated rings. The molecule has 0 heterocycles. The first-order valence-corrected chi connectivity index (χ1v) is 6.68. The fraction of sp³-hybridized carbons (Fsp3) is 0.857. The maximum Gasteiger partial charge on any atom is 0.0333 e. The van der Waals surface area contributed by atoms with E-state index in [9.17, 15) is 0 Å². The highest BCUT2D eigenvalue weighted by Crippen LogP contribution is 2.47. The molecule has 0 aromatic rings. The molecule has 0 spiro atoms. The normalized spacial score (nSPS) is 26.7. The molecule has 2 aliphatic rings. The van der Waals surface area contributed by atoms with Gasteiger partial charge in [0.15, 0.2) is 0 Å². The van der Waals surface area contributed by atoms with Crippen molar-refractivity contribution in [3.05, 3.63) is 11.6 Å². The Morgan fingerprint density at radius 1 is 1.33 bits per heavy atom. The van der Waals surface area contributed by atoms with Crippen molar-refractivity contribution >= 4 is 0 Å². The van der Waals surface area contributed by atoms with Crippen LogP contribution in [-0.4, -0.2) is 13.1 Å². The lowest BCUT2D eigenvalue weighted by atomic mass is 9.73. The quantitative estimate of drug-likeness (QED) is 0.694. The summed E-state index contributed by atoms with van der Waals surface area (Å²) >= 11 is 0. The molecule has 1 unspecified atom stereocenters. The summed E-state index contributed by atoms with van der Waals surface area (Å²) in [6.45, 7) is 2.38. The second-order valence-corrected chi connectivity index (χ2v) is 5.32. The number of nitrogens with one attached hydrogen (secondary N) is 1. The van der Waals surface area contributed by atoms with E-state index < -0.39 is 0 Å². The Morgan fingerprint density at radius 2 is 2.07 bits per heavy atom. The third-order valence-corrected chi connectivity index (χ3v) is 4.65. The van der Waals surface area contributed by atoms with Gasteiger partial charge in [0.05, 0.1) is 0 Å². The molecule has 0 aromatic heterocycles. The first-order valence-electron chi connectivity index (χ1n) is 6.68. The van der Waals surface area contributed by atoms with Gasteiger partial charge in [0.1, 0.15) is 0 Å². The highest BCUT2D eigenvalue weighted by atomic mass is 14.9. The molecule has 0 amide bonds. The average Bonchev–Trinajstić information content (AvgIpc) is 2.90. The first-order chi connectivity index (χ1) is 7.32. The van der Waals surface area contributed by atoms with E-state index in [1.807, 2.05) is 0 Å². The summed E-state index contributed by atoms with van der Waals surface area (Å²) in [7, 11) is 2.15. The zero-order chi connectivity index (χ0) is 10.7. The zero-order valence-electron chi connectivity index (χ0n) is 10.3. The number of hydrogen-bond acceptors (Lipinski definition) is 1. The molecule has 2 rings (SSSR count). The van der Waals surface area contributed by atoms with Crippen molar-refractivity contribution in [2.75, 3.05) is 7.05 Å². The van der Waals surface area contributed by atoms with Crippen molar-refractivity contribution in [2.24, 2.45) is 5.41 Å². The molecule has 15 heavy (non-hydrogen) atoms. The Morgan fingerprint density at radius 3 is 2.53 bits per heavy atom. The van der Waals surface area contributed by atoms with E-state index in [2.05, 4.69) is 25.4 Å². The Hall–Kier alpha value is -0.300. The minimum atomic E-state index is 0.588. The van der Waals surface area contributed by atoms with Crippen molar-refractivity contribution in [1.29, 1.82) is 0 Å². The van der Waals surface area contributed by atoms with Crippen molar-refractivity contribution in [3.63, 3.8) is 0 Å². The van der Waals surface area contributed by atoms with Gasteiger partial charge in [0.2, 0.25) is 0 Å². The number of rotatable bonds is 4. The van der Waals surface area contributed by atoms with Gasteiger partial charge in [-0.1, -0.05) is 31.4 Å². The highest BCUT2D eigenvalue weighted by molar-refractivity contribution is 5.20. The lowest BCUT2D eigenvalue weighted by Crippen LogP contribution is -2.43. The van der Waals surface area contributed by atoms with Crippen molar-refractivity contribution < 1.29 is 0 Å². The Kier molecular flexibility index (Phi) is 3.50. The Balaban J connectivity index is 2.16. The van der Waals surface area contributed by atoms with Crippen molar-refractivity contribution in [1.82, 2.24) is 5.32 Å². The predicted molar refractivity (Wildman–Crippen MR) is 66.0 cm³/mol. The van der Waals surface area contributed by atoms with Crippen LogP contribution in [0.15, 0.2) is 11.6 Å². The van der Waals surface area contributed by atoms with Gasteiger partial charge in [-0.3, -0.25) is 0 Å². The van der Waals surface area contributed by atoms with Crippen LogP contribution in [0.1, 0.15) is 58.3 Å². The molecule has 1 heteroatoms. The van der Waals surface area contributed by atoms with Gasteiger partial charge in [-0.15, -0.1) is 0 Å². The van der Waals surface area contributed by atoms with Gasteiger partial charge >= 0.3 is 0 Å². The summed E-state index contributed by atoms with van der Waals surface area (Å²) in [6, 6.07) is 0.674. The fourth-order valence-electron chi connectivity index (χ4n) is 3.77. The molecule has 0 aliphatic heterocycles. The van der Waals surface area contributed by atoms with Crippen LogP contribution in [-0.2, 0) is 0 Å². The summed E-state index contributed by atoms with van der Waals surface area (Å²) in [5.74, 6) is 0. The van der Waals surface area contributed by atoms with E-state index >= 15 is 0 Å². The molecular weight excluding hydrogens is 182 g/mol. The van der Waals surface area contributed by atoms with Crippen LogP contribution >= 0.6 is 0 Å². The molecule has 0 radical (unpaired) electrons. The minimum absolute atomic E-state index is 0.588. The second kappa shape index (κ2) is 4.69. The maximum atomic E-state index is 3.61. The second-order valence-electron chi connectivity index (χ2n) is 5.32. The van der Waals surface area contributed by atoms with Crippen LogP contribution in [0.4, 0.5) is 0 Å². The van der Waals surface area contributed by atoms with E-state index in [1.165, 1.54) is 51.4 Å². The Bertz CT molecular complexity index is 236. The smallest absolute Gasteiger partial charge is 0.0333 e. The number of allylic oxidation sites excluding steroid dienone is 1.